The third kappa shape index (κ3) is 4.00. The number of benzene rings is 1. The van der Waals surface area contributed by atoms with E-state index in [-0.39, 0.29) is 17.8 Å². The summed E-state index contributed by atoms with van der Waals surface area (Å²) in [6, 6.07) is 6.19. The van der Waals surface area contributed by atoms with Gasteiger partial charge in [0.1, 0.15) is 5.82 Å². The van der Waals surface area contributed by atoms with Gasteiger partial charge >= 0.3 is 0 Å². The van der Waals surface area contributed by atoms with Gasteiger partial charge in [-0.25, -0.2) is 4.39 Å². The molecule has 0 aromatic heterocycles. The Bertz CT molecular complexity index is 398. The average Bonchev–Trinajstić information content (AvgIpc) is 2.34. The van der Waals surface area contributed by atoms with Crippen molar-refractivity contribution in [1.82, 2.24) is 5.32 Å². The van der Waals surface area contributed by atoms with Crippen molar-refractivity contribution in [2.45, 2.75) is 19.4 Å². The van der Waals surface area contributed by atoms with Crippen LogP contribution < -0.4 is 16.0 Å². The molecule has 1 aromatic carbocycles. The van der Waals surface area contributed by atoms with Crippen molar-refractivity contribution in [2.24, 2.45) is 5.73 Å². The maximum atomic E-state index is 13.5. The monoisotopic (exact) mass is 253 g/mol. The first-order valence-electron chi connectivity index (χ1n) is 6.04. The van der Waals surface area contributed by atoms with E-state index in [0.29, 0.717) is 25.2 Å². The van der Waals surface area contributed by atoms with Crippen molar-refractivity contribution >= 4 is 11.6 Å². The molecular formula is C13H20FN3O. The fourth-order valence-electron chi connectivity index (χ4n) is 1.80. The lowest BCUT2D eigenvalue weighted by Gasteiger charge is -2.22. The third-order valence-corrected chi connectivity index (χ3v) is 2.81. The van der Waals surface area contributed by atoms with Crippen molar-refractivity contribution in [3.05, 3.63) is 30.1 Å². The number of carbonyl (C=O) groups is 1. The Labute approximate surface area is 107 Å². The van der Waals surface area contributed by atoms with Gasteiger partial charge in [-0.05, 0) is 25.1 Å². The molecule has 1 amide bonds. The Kier molecular flexibility index (Phi) is 5.58. The summed E-state index contributed by atoms with van der Waals surface area (Å²) >= 11 is 0. The summed E-state index contributed by atoms with van der Waals surface area (Å²) in [6.07, 6.45) is 0.550. The Morgan fingerprint density at radius 2 is 2.17 bits per heavy atom. The first-order valence-corrected chi connectivity index (χ1v) is 6.04. The minimum absolute atomic E-state index is 0.265. The number of primary amides is 1. The number of amides is 1. The van der Waals surface area contributed by atoms with Crippen LogP contribution in [0.5, 0.6) is 0 Å². The summed E-state index contributed by atoms with van der Waals surface area (Å²) in [4.78, 5) is 13.0. The molecule has 0 fully saturated rings. The number of hydrogen-bond acceptors (Lipinski definition) is 3. The van der Waals surface area contributed by atoms with Gasteiger partial charge in [-0.15, -0.1) is 0 Å². The van der Waals surface area contributed by atoms with Crippen LogP contribution in [0, 0.1) is 5.82 Å². The Morgan fingerprint density at radius 1 is 1.50 bits per heavy atom. The second-order valence-electron chi connectivity index (χ2n) is 4.17. The zero-order chi connectivity index (χ0) is 13.5. The standard InChI is InChI=1S/C13H20FN3O/c1-3-16-11(13(15)18)8-9-17(2)12-7-5-4-6-10(12)14/h4-7,11,16H,3,8-9H2,1-2H3,(H2,15,18). The molecule has 0 aliphatic carbocycles. The molecular weight excluding hydrogens is 233 g/mol. The number of hydrogen-bond donors (Lipinski definition) is 2. The highest BCUT2D eigenvalue weighted by Gasteiger charge is 2.15. The highest BCUT2D eigenvalue weighted by molar-refractivity contribution is 5.79. The summed E-state index contributed by atoms with van der Waals surface area (Å²) in [7, 11) is 1.79. The first kappa shape index (κ1) is 14.4. The maximum absolute atomic E-state index is 13.5. The van der Waals surface area contributed by atoms with Crippen LogP contribution >= 0.6 is 0 Å². The van der Waals surface area contributed by atoms with Gasteiger partial charge in [0.2, 0.25) is 5.91 Å². The van der Waals surface area contributed by atoms with Crippen molar-refractivity contribution in [1.29, 1.82) is 0 Å². The van der Waals surface area contributed by atoms with Crippen LogP contribution in [0.1, 0.15) is 13.3 Å². The molecule has 0 bridgehead atoms. The van der Waals surface area contributed by atoms with Gasteiger partial charge in [0.25, 0.3) is 0 Å². The first-order chi connectivity index (χ1) is 8.56. The molecule has 0 saturated heterocycles. The highest BCUT2D eigenvalue weighted by atomic mass is 19.1. The van der Waals surface area contributed by atoms with Crippen LogP contribution in [0.15, 0.2) is 24.3 Å². The number of nitrogens with one attached hydrogen (secondary N) is 1. The Hall–Kier alpha value is -1.62. The van der Waals surface area contributed by atoms with E-state index in [9.17, 15) is 9.18 Å². The van der Waals surface area contributed by atoms with Crippen LogP contribution in [-0.2, 0) is 4.79 Å². The molecule has 100 valence electrons. The molecule has 1 aromatic rings. The Balaban J connectivity index is 2.57. The number of rotatable bonds is 7. The second kappa shape index (κ2) is 6.96. The van der Waals surface area contributed by atoms with E-state index >= 15 is 0 Å². The van der Waals surface area contributed by atoms with Crippen LogP contribution in [0.25, 0.3) is 0 Å². The highest BCUT2D eigenvalue weighted by Crippen LogP contribution is 2.17. The number of anilines is 1. The molecule has 18 heavy (non-hydrogen) atoms. The minimum atomic E-state index is -0.376. The van der Waals surface area contributed by atoms with E-state index in [0.717, 1.165) is 0 Å². The van der Waals surface area contributed by atoms with Crippen molar-refractivity contribution in [3.8, 4) is 0 Å². The van der Waals surface area contributed by atoms with Gasteiger partial charge in [-0.3, -0.25) is 4.79 Å². The topological polar surface area (TPSA) is 58.4 Å². The summed E-state index contributed by atoms with van der Waals surface area (Å²) < 4.78 is 13.5. The predicted octanol–water partition coefficient (Wildman–Crippen LogP) is 1.12. The van der Waals surface area contributed by atoms with E-state index in [1.54, 1.807) is 30.1 Å². The number of carbonyl (C=O) groups excluding carboxylic acids is 1. The molecule has 1 atom stereocenters. The SMILES string of the molecule is CCNC(CCN(C)c1ccccc1F)C(N)=O. The molecule has 0 saturated carbocycles. The quantitative estimate of drug-likeness (QED) is 0.765. The summed E-state index contributed by atoms with van der Waals surface area (Å²) in [5, 5.41) is 3.01. The summed E-state index contributed by atoms with van der Waals surface area (Å²) in [5.41, 5.74) is 5.81. The van der Waals surface area contributed by atoms with Crippen LogP contribution in [-0.4, -0.2) is 32.1 Å². The summed E-state index contributed by atoms with van der Waals surface area (Å²) in [5.74, 6) is -0.641. The predicted molar refractivity (Wildman–Crippen MR) is 70.9 cm³/mol. The fraction of sp³-hybridized carbons (Fsp3) is 0.462. The van der Waals surface area contributed by atoms with Gasteiger partial charge in [-0.2, -0.15) is 0 Å². The molecule has 3 N–H and O–H groups in total. The third-order valence-electron chi connectivity index (χ3n) is 2.81. The summed E-state index contributed by atoms with van der Waals surface area (Å²) in [6.45, 7) is 3.15. The lowest BCUT2D eigenvalue weighted by atomic mass is 10.1. The lowest BCUT2D eigenvalue weighted by Crippen LogP contribution is -2.43. The number of nitrogens with two attached hydrogens (primary N) is 1. The van der Waals surface area contributed by atoms with Gasteiger partial charge in [0.15, 0.2) is 0 Å². The van der Waals surface area contributed by atoms with E-state index < -0.39 is 0 Å². The van der Waals surface area contributed by atoms with E-state index in [4.69, 9.17) is 5.73 Å². The zero-order valence-electron chi connectivity index (χ0n) is 10.8. The molecule has 0 radical (unpaired) electrons. The Morgan fingerprint density at radius 3 is 2.72 bits per heavy atom. The molecule has 5 heteroatoms. The molecule has 0 aliphatic rings. The smallest absolute Gasteiger partial charge is 0.234 e. The van der Waals surface area contributed by atoms with E-state index in [1.165, 1.54) is 6.07 Å². The van der Waals surface area contributed by atoms with Crippen LogP contribution in [0.4, 0.5) is 10.1 Å². The largest absolute Gasteiger partial charge is 0.372 e. The van der Waals surface area contributed by atoms with Crippen LogP contribution in [0.3, 0.4) is 0 Å². The zero-order valence-corrected chi connectivity index (χ0v) is 10.8. The lowest BCUT2D eigenvalue weighted by molar-refractivity contribution is -0.120. The van der Waals surface area contributed by atoms with Gasteiger partial charge < -0.3 is 16.0 Å². The van der Waals surface area contributed by atoms with Gasteiger partial charge in [0, 0.05) is 13.6 Å². The minimum Gasteiger partial charge on any atom is -0.372 e. The number of para-hydroxylation sites is 1. The van der Waals surface area contributed by atoms with Gasteiger partial charge in [0.05, 0.1) is 11.7 Å². The van der Waals surface area contributed by atoms with E-state index in [2.05, 4.69) is 5.32 Å². The number of likely N-dealkylation sites (N-methyl/N-ethyl adjacent to an activating group) is 1. The molecule has 0 aliphatic heterocycles. The average molecular weight is 253 g/mol. The van der Waals surface area contributed by atoms with Crippen molar-refractivity contribution in [2.75, 3.05) is 25.0 Å². The normalized spacial score (nSPS) is 12.2. The second-order valence-corrected chi connectivity index (χ2v) is 4.17. The fourth-order valence-corrected chi connectivity index (χ4v) is 1.80. The molecule has 1 rings (SSSR count). The molecule has 4 nitrogen and oxygen atoms in total. The number of halogens is 1. The van der Waals surface area contributed by atoms with Crippen LogP contribution in [0.2, 0.25) is 0 Å². The van der Waals surface area contributed by atoms with E-state index in [1.807, 2.05) is 6.92 Å². The molecule has 0 heterocycles. The molecule has 1 unspecified atom stereocenters. The van der Waals surface area contributed by atoms with Gasteiger partial charge in [-0.1, -0.05) is 19.1 Å². The number of nitrogens with zero attached hydrogens (tertiary/aromatic N) is 1. The van der Waals surface area contributed by atoms with Crippen molar-refractivity contribution < 1.29 is 9.18 Å². The molecule has 0 spiro atoms. The van der Waals surface area contributed by atoms with Crippen molar-refractivity contribution in [3.63, 3.8) is 0 Å². The maximum Gasteiger partial charge on any atom is 0.234 e.